The van der Waals surface area contributed by atoms with E-state index in [4.69, 9.17) is 5.73 Å². The molecule has 1 aromatic carbocycles. The molecule has 0 amide bonds. The number of pyridine rings is 1. The van der Waals surface area contributed by atoms with Gasteiger partial charge in [0.1, 0.15) is 0 Å². The number of benzene rings is 1. The van der Waals surface area contributed by atoms with Crippen LogP contribution in [-0.4, -0.2) is 4.98 Å². The summed E-state index contributed by atoms with van der Waals surface area (Å²) < 4.78 is 0. The van der Waals surface area contributed by atoms with Crippen LogP contribution >= 0.6 is 11.8 Å². The van der Waals surface area contributed by atoms with E-state index in [-0.39, 0.29) is 0 Å². The van der Waals surface area contributed by atoms with Gasteiger partial charge in [-0.2, -0.15) is 0 Å². The Balaban J connectivity index is 2.09. The maximum atomic E-state index is 5.94. The van der Waals surface area contributed by atoms with Crippen LogP contribution in [0.3, 0.4) is 0 Å². The fraction of sp³-hybridized carbons (Fsp3) is 0.214. The molecule has 0 saturated carbocycles. The number of nitrogen functional groups attached to an aromatic ring is 1. The number of hydrogen-bond donors (Lipinski definition) is 1. The zero-order valence-corrected chi connectivity index (χ0v) is 10.9. The molecule has 0 radical (unpaired) electrons. The minimum atomic E-state index is 0.841. The molecule has 17 heavy (non-hydrogen) atoms. The third-order valence-corrected chi connectivity index (χ3v) is 3.60. The van der Waals surface area contributed by atoms with Gasteiger partial charge >= 0.3 is 0 Å². The van der Waals surface area contributed by atoms with Crippen molar-refractivity contribution >= 4 is 17.4 Å². The van der Waals surface area contributed by atoms with Crippen molar-refractivity contribution in [1.82, 2.24) is 4.98 Å². The summed E-state index contributed by atoms with van der Waals surface area (Å²) >= 11 is 1.74. The highest BCUT2D eigenvalue weighted by atomic mass is 32.2. The molecule has 2 rings (SSSR count). The summed E-state index contributed by atoms with van der Waals surface area (Å²) in [6, 6.07) is 12.2. The number of anilines is 1. The molecule has 0 aliphatic heterocycles. The molecule has 88 valence electrons. The maximum absolute atomic E-state index is 5.94. The lowest BCUT2D eigenvalue weighted by Crippen LogP contribution is -1.92. The third-order valence-electron chi connectivity index (χ3n) is 2.49. The van der Waals surface area contributed by atoms with Crippen molar-refractivity contribution in [3.05, 3.63) is 53.3 Å². The average Bonchev–Trinajstić information content (AvgIpc) is 2.30. The molecule has 0 atom stereocenters. The summed E-state index contributed by atoms with van der Waals surface area (Å²) in [4.78, 5) is 5.61. The van der Waals surface area contributed by atoms with E-state index in [2.05, 4.69) is 18.0 Å². The van der Waals surface area contributed by atoms with Gasteiger partial charge in [-0.25, -0.2) is 0 Å². The first-order valence-electron chi connectivity index (χ1n) is 5.56. The fourth-order valence-electron chi connectivity index (χ4n) is 1.60. The molecule has 1 heterocycles. The number of aryl methyl sites for hydroxylation is 2. The van der Waals surface area contributed by atoms with Crippen LogP contribution in [0.2, 0.25) is 0 Å². The highest BCUT2D eigenvalue weighted by Gasteiger charge is 2.02. The van der Waals surface area contributed by atoms with E-state index < -0.39 is 0 Å². The minimum absolute atomic E-state index is 0.841. The van der Waals surface area contributed by atoms with Gasteiger partial charge < -0.3 is 5.73 Å². The summed E-state index contributed by atoms with van der Waals surface area (Å²) in [6.07, 6.45) is 0. The molecular formula is C14H16N2S. The van der Waals surface area contributed by atoms with Crippen molar-refractivity contribution in [3.8, 4) is 0 Å². The van der Waals surface area contributed by atoms with E-state index in [0.29, 0.717) is 0 Å². The van der Waals surface area contributed by atoms with Gasteiger partial charge in [0.15, 0.2) is 0 Å². The van der Waals surface area contributed by atoms with Crippen LogP contribution in [0.15, 0.2) is 41.3 Å². The van der Waals surface area contributed by atoms with Crippen LogP contribution in [0.1, 0.15) is 17.0 Å². The van der Waals surface area contributed by atoms with E-state index in [0.717, 1.165) is 27.7 Å². The van der Waals surface area contributed by atoms with Gasteiger partial charge in [-0.1, -0.05) is 12.1 Å². The van der Waals surface area contributed by atoms with Crippen molar-refractivity contribution in [2.75, 3.05) is 5.73 Å². The number of thioether (sulfide) groups is 1. The summed E-state index contributed by atoms with van der Waals surface area (Å²) in [5.41, 5.74) is 10.2. The molecule has 0 unspecified atom stereocenters. The van der Waals surface area contributed by atoms with E-state index in [1.165, 1.54) is 5.56 Å². The predicted octanol–water partition coefficient (Wildman–Crippen LogP) is 3.57. The normalized spacial score (nSPS) is 10.5. The zero-order chi connectivity index (χ0) is 12.3. The summed E-state index contributed by atoms with van der Waals surface area (Å²) in [5, 5.41) is 0. The first kappa shape index (κ1) is 12.0. The lowest BCUT2D eigenvalue weighted by molar-refractivity contribution is 1.11. The largest absolute Gasteiger partial charge is 0.398 e. The van der Waals surface area contributed by atoms with Crippen molar-refractivity contribution in [3.63, 3.8) is 0 Å². The lowest BCUT2D eigenvalue weighted by atomic mass is 10.2. The van der Waals surface area contributed by atoms with Crippen molar-refractivity contribution in [1.29, 1.82) is 0 Å². The Bertz CT molecular complexity index is 523. The maximum Gasteiger partial charge on any atom is 0.0509 e. The van der Waals surface area contributed by atoms with Crippen LogP contribution < -0.4 is 5.73 Å². The van der Waals surface area contributed by atoms with Gasteiger partial charge in [0, 0.05) is 22.0 Å². The Morgan fingerprint density at radius 3 is 2.76 bits per heavy atom. The van der Waals surface area contributed by atoms with Crippen molar-refractivity contribution < 1.29 is 0 Å². The van der Waals surface area contributed by atoms with Gasteiger partial charge in [0.25, 0.3) is 0 Å². The molecule has 0 aliphatic carbocycles. The Kier molecular flexibility index (Phi) is 3.69. The molecule has 0 fully saturated rings. The predicted molar refractivity (Wildman–Crippen MR) is 74.1 cm³/mol. The van der Waals surface area contributed by atoms with Gasteiger partial charge in [0.2, 0.25) is 0 Å². The van der Waals surface area contributed by atoms with Gasteiger partial charge in [0.05, 0.1) is 5.69 Å². The Labute approximate surface area is 106 Å². The molecule has 2 aromatic rings. The first-order valence-corrected chi connectivity index (χ1v) is 6.55. The topological polar surface area (TPSA) is 38.9 Å². The Morgan fingerprint density at radius 2 is 2.00 bits per heavy atom. The molecule has 1 aromatic heterocycles. The first-order chi connectivity index (χ1) is 8.15. The third kappa shape index (κ3) is 3.24. The number of nitrogens with two attached hydrogens (primary N) is 1. The molecule has 0 saturated heterocycles. The van der Waals surface area contributed by atoms with Gasteiger partial charge in [-0.15, -0.1) is 11.8 Å². The second-order valence-electron chi connectivity index (χ2n) is 4.10. The van der Waals surface area contributed by atoms with Crippen LogP contribution in [0.25, 0.3) is 0 Å². The molecule has 2 N–H and O–H groups in total. The second-order valence-corrected chi connectivity index (χ2v) is 5.12. The quantitative estimate of drug-likeness (QED) is 0.662. The number of nitrogens with zero attached hydrogens (tertiary/aromatic N) is 1. The fourth-order valence-corrected chi connectivity index (χ4v) is 2.57. The summed E-state index contributed by atoms with van der Waals surface area (Å²) in [5.74, 6) is 0.856. The molecule has 2 nitrogen and oxygen atoms in total. The highest BCUT2D eigenvalue weighted by Crippen LogP contribution is 2.28. The Hall–Kier alpha value is -1.48. The van der Waals surface area contributed by atoms with Crippen molar-refractivity contribution in [2.24, 2.45) is 0 Å². The van der Waals surface area contributed by atoms with Gasteiger partial charge in [-0.3, -0.25) is 4.98 Å². The summed E-state index contributed by atoms with van der Waals surface area (Å²) in [7, 11) is 0. The number of hydrogen-bond acceptors (Lipinski definition) is 3. The van der Waals surface area contributed by atoms with E-state index in [9.17, 15) is 0 Å². The number of rotatable bonds is 3. The van der Waals surface area contributed by atoms with Crippen molar-refractivity contribution in [2.45, 2.75) is 24.5 Å². The monoisotopic (exact) mass is 244 g/mol. The number of aromatic nitrogens is 1. The molecular weight excluding hydrogens is 228 g/mol. The van der Waals surface area contributed by atoms with Crippen LogP contribution in [0, 0.1) is 13.8 Å². The average molecular weight is 244 g/mol. The smallest absolute Gasteiger partial charge is 0.0509 e. The highest BCUT2D eigenvalue weighted by molar-refractivity contribution is 7.98. The Morgan fingerprint density at radius 1 is 1.18 bits per heavy atom. The molecule has 0 spiro atoms. The van der Waals surface area contributed by atoms with Gasteiger partial charge in [-0.05, 0) is 43.7 Å². The molecule has 3 heteroatoms. The standard InChI is InChI=1S/C14H16N2S/c1-10-6-7-13(15)14(8-10)17-9-12-5-3-4-11(2)16-12/h3-8H,9,15H2,1-2H3. The van der Waals surface area contributed by atoms with Crippen LogP contribution in [0.4, 0.5) is 5.69 Å². The van der Waals surface area contributed by atoms with E-state index >= 15 is 0 Å². The van der Waals surface area contributed by atoms with Crippen LogP contribution in [-0.2, 0) is 5.75 Å². The van der Waals surface area contributed by atoms with Crippen LogP contribution in [0.5, 0.6) is 0 Å². The van der Waals surface area contributed by atoms with E-state index in [1.807, 2.05) is 37.3 Å². The summed E-state index contributed by atoms with van der Waals surface area (Å²) in [6.45, 7) is 4.09. The lowest BCUT2D eigenvalue weighted by Gasteiger charge is -2.06. The van der Waals surface area contributed by atoms with E-state index in [1.54, 1.807) is 11.8 Å². The second kappa shape index (κ2) is 5.23. The zero-order valence-electron chi connectivity index (χ0n) is 10.1. The minimum Gasteiger partial charge on any atom is -0.398 e. The molecule has 0 bridgehead atoms. The SMILES string of the molecule is Cc1ccc(N)c(SCc2cccc(C)n2)c1. The molecule has 0 aliphatic rings.